The zero-order valence-electron chi connectivity index (χ0n) is 22.8. The van der Waals surface area contributed by atoms with Gasteiger partial charge in [-0.1, -0.05) is 26.0 Å². The minimum atomic E-state index is -0.993. The summed E-state index contributed by atoms with van der Waals surface area (Å²) in [6.45, 7) is 3.73. The molecule has 0 amide bonds. The largest absolute Gasteiger partial charge is 0.465 e. The lowest BCUT2D eigenvalue weighted by Crippen LogP contribution is -2.26. The highest BCUT2D eigenvalue weighted by molar-refractivity contribution is 5.92. The fraction of sp³-hybridized carbons (Fsp3) is 0.464. The van der Waals surface area contributed by atoms with Gasteiger partial charge in [0.1, 0.15) is 30.6 Å². The van der Waals surface area contributed by atoms with E-state index >= 15 is 0 Å². The molecule has 1 unspecified atom stereocenters. The quantitative estimate of drug-likeness (QED) is 0.450. The van der Waals surface area contributed by atoms with Crippen molar-refractivity contribution in [1.29, 1.82) is 0 Å². The van der Waals surface area contributed by atoms with Gasteiger partial charge in [0.2, 0.25) is 17.7 Å². The number of hydrogen-bond acceptors (Lipinski definition) is 12. The topological polar surface area (TPSA) is 160 Å². The van der Waals surface area contributed by atoms with Gasteiger partial charge in [-0.15, -0.1) is 0 Å². The van der Waals surface area contributed by atoms with Crippen LogP contribution in [0.4, 0.5) is 0 Å². The van der Waals surface area contributed by atoms with Crippen molar-refractivity contribution >= 4 is 17.8 Å². The summed E-state index contributed by atoms with van der Waals surface area (Å²) < 4.78 is 33.1. The van der Waals surface area contributed by atoms with Gasteiger partial charge in [-0.3, -0.25) is 9.59 Å². The molecule has 214 valence electrons. The fourth-order valence-electron chi connectivity index (χ4n) is 4.24. The summed E-state index contributed by atoms with van der Waals surface area (Å²) in [5.41, 5.74) is 1.13. The first-order valence-electron chi connectivity index (χ1n) is 12.9. The number of carbonyl (C=O) groups is 2. The fourth-order valence-corrected chi connectivity index (χ4v) is 4.24. The van der Waals surface area contributed by atoms with E-state index in [4.69, 9.17) is 27.5 Å². The number of aliphatic hydroxyl groups excluding tert-OH is 1. The maximum absolute atomic E-state index is 12.8. The molecule has 1 aliphatic rings. The number of allylic oxidation sites excluding steroid dienone is 1. The third-order valence-corrected chi connectivity index (χ3v) is 6.60. The minimum absolute atomic E-state index is 0.108. The van der Waals surface area contributed by atoms with Gasteiger partial charge in [-0.2, -0.15) is 0 Å². The highest BCUT2D eigenvalue weighted by Gasteiger charge is 2.28. The molecule has 0 radical (unpaired) electrons. The smallest absolute Gasteiger partial charge is 0.308 e. The van der Waals surface area contributed by atoms with Gasteiger partial charge in [-0.05, 0) is 25.0 Å². The number of ether oxygens (including phenoxy) is 3. The number of fused-ring (bicyclic) bond motifs is 8. The zero-order chi connectivity index (χ0) is 28.6. The number of rotatable bonds is 2. The second-order valence-corrected chi connectivity index (χ2v) is 9.60. The Hall–Kier alpha value is -3.87. The van der Waals surface area contributed by atoms with Gasteiger partial charge in [0.25, 0.3) is 0 Å². The lowest BCUT2D eigenvalue weighted by Gasteiger charge is -2.21. The molecule has 0 saturated heterocycles. The van der Waals surface area contributed by atoms with E-state index < -0.39 is 24.1 Å². The first-order valence-corrected chi connectivity index (χ1v) is 12.9. The Balaban J connectivity index is 1.58. The number of aromatic nitrogens is 3. The predicted octanol–water partition coefficient (Wildman–Crippen LogP) is 4.19. The molecule has 0 aromatic carbocycles. The number of hydrogen-bond donors (Lipinski definition) is 1. The molecule has 1 aliphatic heterocycles. The Morgan fingerprint density at radius 2 is 1.57 bits per heavy atom. The molecule has 0 fully saturated rings. The van der Waals surface area contributed by atoms with Crippen molar-refractivity contribution in [2.24, 2.45) is 11.8 Å². The van der Waals surface area contributed by atoms with Gasteiger partial charge in [0, 0.05) is 20.1 Å². The molecule has 4 rings (SSSR count). The van der Waals surface area contributed by atoms with E-state index in [1.54, 1.807) is 20.1 Å². The number of aliphatic hydroxyl groups is 1. The highest BCUT2D eigenvalue weighted by atomic mass is 16.5. The van der Waals surface area contributed by atoms with Crippen LogP contribution >= 0.6 is 0 Å². The first kappa shape index (κ1) is 29.1. The van der Waals surface area contributed by atoms with Crippen LogP contribution in [0.1, 0.15) is 50.8 Å². The number of ketones is 1. The van der Waals surface area contributed by atoms with Crippen molar-refractivity contribution in [2.75, 3.05) is 20.8 Å². The van der Waals surface area contributed by atoms with Crippen LogP contribution in [0, 0.1) is 11.8 Å². The van der Waals surface area contributed by atoms with Crippen LogP contribution in [0.3, 0.4) is 0 Å². The second-order valence-electron chi connectivity index (χ2n) is 9.60. The van der Waals surface area contributed by atoms with E-state index in [-0.39, 0.29) is 49.0 Å². The Morgan fingerprint density at radius 1 is 0.875 bits per heavy atom. The molecular weight excluding hydrogens is 522 g/mol. The summed E-state index contributed by atoms with van der Waals surface area (Å²) in [6, 6.07) is 0. The molecule has 0 spiro atoms. The van der Waals surface area contributed by atoms with Crippen LogP contribution in [0.15, 0.2) is 50.3 Å². The molecule has 3 aromatic heterocycles. The van der Waals surface area contributed by atoms with Gasteiger partial charge in [0.05, 0.1) is 31.2 Å². The molecular formula is C28H33N3O9. The molecule has 6 bridgehead atoms. The lowest BCUT2D eigenvalue weighted by atomic mass is 9.96. The summed E-state index contributed by atoms with van der Waals surface area (Å²) >= 11 is 0. The van der Waals surface area contributed by atoms with Gasteiger partial charge in [0.15, 0.2) is 17.2 Å². The van der Waals surface area contributed by atoms with Crippen LogP contribution < -0.4 is 0 Å². The van der Waals surface area contributed by atoms with Crippen molar-refractivity contribution in [3.8, 4) is 23.2 Å². The summed E-state index contributed by atoms with van der Waals surface area (Å²) in [5.74, 6) is -0.752. The third-order valence-electron chi connectivity index (χ3n) is 6.60. The standard InChI is InChI=1S/C28H33N3O9/c1-16-12-38-25(34)11-18(32)7-5-8-22(33)17(2)26(36-4)19-13-39-28(30-19)21-15-40-27(31-21)20-14-37-24(29-20)10-6-9-23(16)35-3/h5-6,8,10,13-18,23,26,32H,7,9,11-12H2,1-4H3/b8-5+,10-6+/t16-,17-,18-,23-,26?/m0/s1. The lowest BCUT2D eigenvalue weighted by molar-refractivity contribution is -0.148. The van der Waals surface area contributed by atoms with Crippen LogP contribution in [-0.4, -0.2) is 64.8 Å². The number of oxazole rings is 3. The van der Waals surface area contributed by atoms with Gasteiger partial charge < -0.3 is 32.6 Å². The second kappa shape index (κ2) is 13.5. The number of esters is 1. The van der Waals surface area contributed by atoms with E-state index in [2.05, 4.69) is 15.0 Å². The Bertz CT molecular complexity index is 1340. The van der Waals surface area contributed by atoms with Crippen molar-refractivity contribution in [2.45, 2.75) is 51.4 Å². The zero-order valence-corrected chi connectivity index (χ0v) is 22.8. The summed E-state index contributed by atoms with van der Waals surface area (Å²) in [6.07, 6.45) is 9.17. The van der Waals surface area contributed by atoms with Crippen LogP contribution in [0.2, 0.25) is 0 Å². The molecule has 0 aliphatic carbocycles. The minimum Gasteiger partial charge on any atom is -0.465 e. The summed E-state index contributed by atoms with van der Waals surface area (Å²) in [4.78, 5) is 38.3. The van der Waals surface area contributed by atoms with E-state index in [0.29, 0.717) is 29.4 Å². The normalized spacial score (nSPS) is 26.9. The van der Waals surface area contributed by atoms with Gasteiger partial charge >= 0.3 is 5.97 Å². The average molecular weight is 556 g/mol. The number of methoxy groups -OCH3 is 2. The number of carbonyl (C=O) groups excluding carboxylic acids is 2. The van der Waals surface area contributed by atoms with Crippen molar-refractivity contribution < 1.29 is 42.2 Å². The maximum atomic E-state index is 12.8. The molecule has 12 nitrogen and oxygen atoms in total. The molecule has 40 heavy (non-hydrogen) atoms. The van der Waals surface area contributed by atoms with Crippen molar-refractivity contribution in [3.05, 3.63) is 48.6 Å². The molecule has 5 atom stereocenters. The molecule has 0 saturated carbocycles. The van der Waals surface area contributed by atoms with E-state index in [1.807, 2.05) is 13.0 Å². The molecule has 4 heterocycles. The average Bonchev–Trinajstić information content (AvgIpc) is 3.70. The molecule has 3 aromatic rings. The Morgan fingerprint density at radius 3 is 2.35 bits per heavy atom. The van der Waals surface area contributed by atoms with Crippen LogP contribution in [0.25, 0.3) is 29.2 Å². The SMILES string of the molecule is COC1c2coc(n2)-c2coc(n2)-c2coc(n2)/C=C/C[C@H](OC)[C@@H](C)COC(=O)C[C@@H](O)C/C=C/C(=O)[C@@H]1C. The first-order chi connectivity index (χ1) is 19.3. The monoisotopic (exact) mass is 555 g/mol. The Kier molecular flexibility index (Phi) is 9.80. The highest BCUT2D eigenvalue weighted by Crippen LogP contribution is 2.30. The van der Waals surface area contributed by atoms with Crippen molar-refractivity contribution in [3.63, 3.8) is 0 Å². The predicted molar refractivity (Wildman–Crippen MR) is 140 cm³/mol. The third kappa shape index (κ3) is 7.20. The summed E-state index contributed by atoms with van der Waals surface area (Å²) in [7, 11) is 3.06. The van der Waals surface area contributed by atoms with Gasteiger partial charge in [-0.25, -0.2) is 15.0 Å². The van der Waals surface area contributed by atoms with Crippen LogP contribution in [-0.2, 0) is 23.8 Å². The number of cyclic esters (lactones) is 1. The maximum Gasteiger partial charge on any atom is 0.308 e. The van der Waals surface area contributed by atoms with E-state index in [1.165, 1.54) is 38.1 Å². The molecule has 12 heteroatoms. The molecule has 1 N–H and O–H groups in total. The number of nitrogens with zero attached hydrogens (tertiary/aromatic N) is 3. The van der Waals surface area contributed by atoms with Crippen LogP contribution in [0.5, 0.6) is 0 Å². The van der Waals surface area contributed by atoms with E-state index in [9.17, 15) is 14.7 Å². The van der Waals surface area contributed by atoms with E-state index in [0.717, 1.165) is 0 Å². The summed E-state index contributed by atoms with van der Waals surface area (Å²) in [5, 5.41) is 10.3. The Labute approximate surface area is 231 Å². The van der Waals surface area contributed by atoms with Crippen molar-refractivity contribution in [1.82, 2.24) is 15.0 Å².